The van der Waals surface area contributed by atoms with Crippen molar-refractivity contribution in [1.29, 1.82) is 0 Å². The van der Waals surface area contributed by atoms with Crippen LogP contribution in [0.25, 0.3) is 0 Å². The number of piperidine rings is 1. The fourth-order valence-electron chi connectivity index (χ4n) is 4.25. The molecule has 0 radical (unpaired) electrons. The van der Waals surface area contributed by atoms with Crippen molar-refractivity contribution in [3.63, 3.8) is 0 Å². The highest BCUT2D eigenvalue weighted by molar-refractivity contribution is 5.74. The van der Waals surface area contributed by atoms with Gasteiger partial charge in [0, 0.05) is 25.7 Å². The highest BCUT2D eigenvalue weighted by Gasteiger charge is 2.22. The summed E-state index contributed by atoms with van der Waals surface area (Å²) in [5, 5.41) is 16.0. The van der Waals surface area contributed by atoms with E-state index in [-0.39, 0.29) is 18.2 Å². The van der Waals surface area contributed by atoms with Gasteiger partial charge in [0.1, 0.15) is 0 Å². The summed E-state index contributed by atoms with van der Waals surface area (Å²) >= 11 is 0. The summed E-state index contributed by atoms with van der Waals surface area (Å²) in [5.41, 5.74) is 0. The number of aliphatic hydroxyl groups excluding tert-OH is 1. The molecule has 5 nitrogen and oxygen atoms in total. The molecule has 140 valence electrons. The number of aliphatic hydroxyl groups is 1. The van der Waals surface area contributed by atoms with Crippen LogP contribution in [0.5, 0.6) is 0 Å². The van der Waals surface area contributed by atoms with E-state index in [1.807, 2.05) is 0 Å². The quantitative estimate of drug-likeness (QED) is 0.625. The van der Waals surface area contributed by atoms with E-state index in [9.17, 15) is 9.90 Å². The van der Waals surface area contributed by atoms with Crippen molar-refractivity contribution in [1.82, 2.24) is 15.5 Å². The minimum absolute atomic E-state index is 0.0586. The maximum Gasteiger partial charge on any atom is 0.315 e. The molecular weight excluding hydrogens is 302 g/mol. The van der Waals surface area contributed by atoms with Gasteiger partial charge in [-0.1, -0.05) is 19.8 Å². The molecule has 2 aliphatic rings. The molecule has 0 aromatic heterocycles. The number of amides is 2. The zero-order valence-corrected chi connectivity index (χ0v) is 15.6. The van der Waals surface area contributed by atoms with E-state index in [2.05, 4.69) is 29.4 Å². The van der Waals surface area contributed by atoms with E-state index in [0.29, 0.717) is 12.5 Å². The van der Waals surface area contributed by atoms with E-state index >= 15 is 0 Å². The van der Waals surface area contributed by atoms with Gasteiger partial charge >= 0.3 is 6.03 Å². The number of carbonyl (C=O) groups excluding carboxylic acids is 1. The molecule has 0 spiro atoms. The lowest BCUT2D eigenvalue weighted by molar-refractivity contribution is 0.0644. The molecule has 2 rings (SSSR count). The molecule has 3 N–H and O–H groups in total. The van der Waals surface area contributed by atoms with Gasteiger partial charge in [0.05, 0.1) is 6.10 Å². The maximum absolute atomic E-state index is 12.0. The van der Waals surface area contributed by atoms with Crippen LogP contribution in [0, 0.1) is 11.8 Å². The van der Waals surface area contributed by atoms with Crippen LogP contribution in [-0.4, -0.2) is 54.4 Å². The number of carbonyl (C=O) groups is 1. The Kier molecular flexibility index (Phi) is 8.33. The lowest BCUT2D eigenvalue weighted by Crippen LogP contribution is -2.48. The average Bonchev–Trinajstić information content (AvgIpc) is 2.53. The van der Waals surface area contributed by atoms with Crippen molar-refractivity contribution in [2.24, 2.45) is 11.8 Å². The summed E-state index contributed by atoms with van der Waals surface area (Å²) in [5.74, 6) is 1.21. The van der Waals surface area contributed by atoms with E-state index in [0.717, 1.165) is 57.7 Å². The van der Waals surface area contributed by atoms with Crippen LogP contribution in [0.2, 0.25) is 0 Å². The van der Waals surface area contributed by atoms with Crippen LogP contribution < -0.4 is 10.6 Å². The van der Waals surface area contributed by atoms with Crippen molar-refractivity contribution in [3.05, 3.63) is 0 Å². The largest absolute Gasteiger partial charge is 0.393 e. The van der Waals surface area contributed by atoms with Crippen molar-refractivity contribution in [2.45, 2.75) is 77.4 Å². The second-order valence-corrected chi connectivity index (χ2v) is 8.06. The zero-order valence-electron chi connectivity index (χ0n) is 15.6. The predicted molar refractivity (Wildman–Crippen MR) is 98.0 cm³/mol. The highest BCUT2D eigenvalue weighted by Crippen LogP contribution is 2.27. The Morgan fingerprint density at radius 1 is 1.25 bits per heavy atom. The van der Waals surface area contributed by atoms with Crippen LogP contribution in [0.3, 0.4) is 0 Å². The van der Waals surface area contributed by atoms with Gasteiger partial charge in [-0.15, -0.1) is 0 Å². The van der Waals surface area contributed by atoms with Gasteiger partial charge in [-0.05, 0) is 63.8 Å². The molecule has 2 fully saturated rings. The molecule has 1 saturated carbocycles. The summed E-state index contributed by atoms with van der Waals surface area (Å²) in [4.78, 5) is 14.4. The van der Waals surface area contributed by atoms with Crippen LogP contribution >= 0.6 is 0 Å². The third kappa shape index (κ3) is 6.98. The summed E-state index contributed by atoms with van der Waals surface area (Å²) < 4.78 is 0. The van der Waals surface area contributed by atoms with E-state index in [1.54, 1.807) is 0 Å². The second kappa shape index (κ2) is 10.2. The van der Waals surface area contributed by atoms with Crippen molar-refractivity contribution in [3.8, 4) is 0 Å². The fraction of sp³-hybridized carbons (Fsp3) is 0.947. The van der Waals surface area contributed by atoms with E-state index in [1.165, 1.54) is 19.3 Å². The SMILES string of the molecule is CC1CCCN(CC(C)NC(=O)NCCCC2CCCCC2O)C1. The molecule has 1 heterocycles. The number of urea groups is 1. The molecule has 4 atom stereocenters. The summed E-state index contributed by atoms with van der Waals surface area (Å²) in [6.07, 6.45) is 8.93. The predicted octanol–water partition coefficient (Wildman–Crippen LogP) is 2.74. The topological polar surface area (TPSA) is 64.6 Å². The van der Waals surface area contributed by atoms with Gasteiger partial charge in [-0.3, -0.25) is 0 Å². The molecule has 0 bridgehead atoms. The summed E-state index contributed by atoms with van der Waals surface area (Å²) in [7, 11) is 0. The van der Waals surface area contributed by atoms with Crippen LogP contribution in [0.15, 0.2) is 0 Å². The van der Waals surface area contributed by atoms with Gasteiger partial charge in [0.15, 0.2) is 0 Å². The molecule has 1 aliphatic carbocycles. The molecule has 4 unspecified atom stereocenters. The maximum atomic E-state index is 12.0. The minimum Gasteiger partial charge on any atom is -0.393 e. The minimum atomic E-state index is -0.125. The molecule has 1 aliphatic heterocycles. The molecule has 0 aromatic carbocycles. The monoisotopic (exact) mass is 339 g/mol. The van der Waals surface area contributed by atoms with Crippen LogP contribution in [-0.2, 0) is 0 Å². The second-order valence-electron chi connectivity index (χ2n) is 8.06. The van der Waals surface area contributed by atoms with Crippen LogP contribution in [0.1, 0.15) is 65.2 Å². The number of likely N-dealkylation sites (tertiary alicyclic amines) is 1. The van der Waals surface area contributed by atoms with E-state index in [4.69, 9.17) is 0 Å². The number of rotatable bonds is 7. The summed E-state index contributed by atoms with van der Waals surface area (Å²) in [6, 6.07) is 0.118. The Bertz CT molecular complexity index is 378. The molecule has 2 amide bonds. The molecule has 5 heteroatoms. The normalized spacial score (nSPS) is 29.9. The smallest absolute Gasteiger partial charge is 0.315 e. The first-order chi connectivity index (χ1) is 11.5. The Morgan fingerprint density at radius 2 is 2.04 bits per heavy atom. The lowest BCUT2D eigenvalue weighted by Gasteiger charge is -2.32. The van der Waals surface area contributed by atoms with Crippen LogP contribution in [0.4, 0.5) is 4.79 Å². The standard InChI is InChI=1S/C19H37N3O2/c1-15-7-6-12-22(13-15)14-16(2)21-19(24)20-11-5-9-17-8-3-4-10-18(17)23/h15-18,23H,3-14H2,1-2H3,(H2,20,21,24). The number of hydrogen-bond acceptors (Lipinski definition) is 3. The third-order valence-corrected chi connectivity index (χ3v) is 5.56. The Morgan fingerprint density at radius 3 is 2.79 bits per heavy atom. The number of nitrogens with one attached hydrogen (secondary N) is 2. The molecular formula is C19H37N3O2. The van der Waals surface area contributed by atoms with E-state index < -0.39 is 0 Å². The van der Waals surface area contributed by atoms with Crippen molar-refractivity contribution < 1.29 is 9.90 Å². The number of hydrogen-bond donors (Lipinski definition) is 3. The van der Waals surface area contributed by atoms with Gasteiger partial charge < -0.3 is 20.6 Å². The highest BCUT2D eigenvalue weighted by atomic mass is 16.3. The zero-order chi connectivity index (χ0) is 17.4. The molecule has 0 aromatic rings. The Hall–Kier alpha value is -0.810. The molecule has 1 saturated heterocycles. The van der Waals surface area contributed by atoms with Crippen molar-refractivity contribution >= 4 is 6.03 Å². The Balaban J connectivity index is 1.54. The lowest BCUT2D eigenvalue weighted by atomic mass is 9.83. The van der Waals surface area contributed by atoms with Gasteiger partial charge in [-0.2, -0.15) is 0 Å². The van der Waals surface area contributed by atoms with Gasteiger partial charge in [0.25, 0.3) is 0 Å². The average molecular weight is 340 g/mol. The third-order valence-electron chi connectivity index (χ3n) is 5.56. The van der Waals surface area contributed by atoms with Gasteiger partial charge in [-0.25, -0.2) is 4.79 Å². The first kappa shape index (κ1) is 19.5. The summed E-state index contributed by atoms with van der Waals surface area (Å²) in [6.45, 7) is 8.32. The fourth-order valence-corrected chi connectivity index (χ4v) is 4.25. The molecule has 24 heavy (non-hydrogen) atoms. The Labute approximate surface area is 147 Å². The van der Waals surface area contributed by atoms with Gasteiger partial charge in [0.2, 0.25) is 0 Å². The first-order valence-electron chi connectivity index (χ1n) is 9.99. The number of nitrogens with zero attached hydrogens (tertiary/aromatic N) is 1. The first-order valence-corrected chi connectivity index (χ1v) is 9.99. The van der Waals surface area contributed by atoms with Crippen molar-refractivity contribution in [2.75, 3.05) is 26.2 Å².